The van der Waals surface area contributed by atoms with Crippen LogP contribution in [0.3, 0.4) is 0 Å². The number of hydrogen-bond acceptors (Lipinski definition) is 7. The van der Waals surface area contributed by atoms with Gasteiger partial charge in [0.15, 0.2) is 0 Å². The number of anilines is 1. The zero-order valence-corrected chi connectivity index (χ0v) is 17.4. The number of rotatable bonds is 6. The lowest BCUT2D eigenvalue weighted by Gasteiger charge is -2.06. The Morgan fingerprint density at radius 1 is 1.25 bits per heavy atom. The number of carbonyl (C=O) groups excluding carboxylic acids is 1. The van der Waals surface area contributed by atoms with E-state index in [9.17, 15) is 10.1 Å². The number of hydrogen-bond donors (Lipinski definition) is 1. The van der Waals surface area contributed by atoms with Crippen molar-refractivity contribution >= 4 is 34.7 Å². The van der Waals surface area contributed by atoms with E-state index in [2.05, 4.69) is 26.6 Å². The zero-order chi connectivity index (χ0) is 20.1. The molecule has 0 spiro atoms. The smallest absolute Gasteiger partial charge is 0.231 e. The molecule has 1 N–H and O–H groups in total. The Hall–Kier alpha value is -2.76. The first-order valence-corrected chi connectivity index (χ1v) is 10.5. The number of nitriles is 1. The van der Waals surface area contributed by atoms with Gasteiger partial charge in [0.25, 0.3) is 0 Å². The van der Waals surface area contributed by atoms with Gasteiger partial charge in [0.2, 0.25) is 5.91 Å². The molecule has 28 heavy (non-hydrogen) atoms. The van der Waals surface area contributed by atoms with Crippen LogP contribution >= 0.6 is 23.1 Å². The summed E-state index contributed by atoms with van der Waals surface area (Å²) in [5.41, 5.74) is 4.87. The Kier molecular flexibility index (Phi) is 6.39. The van der Waals surface area contributed by atoms with Crippen molar-refractivity contribution in [3.8, 4) is 6.07 Å². The maximum absolute atomic E-state index is 12.3. The predicted molar refractivity (Wildman–Crippen MR) is 111 cm³/mol. The minimum atomic E-state index is -0.0883. The van der Waals surface area contributed by atoms with Gasteiger partial charge in [-0.15, -0.1) is 16.4 Å². The van der Waals surface area contributed by atoms with Crippen molar-refractivity contribution in [1.29, 1.82) is 5.26 Å². The summed E-state index contributed by atoms with van der Waals surface area (Å²) >= 11 is 2.89. The maximum atomic E-state index is 12.3. The van der Waals surface area contributed by atoms with Crippen LogP contribution in [0.5, 0.6) is 0 Å². The summed E-state index contributed by atoms with van der Waals surface area (Å²) in [7, 11) is 0. The summed E-state index contributed by atoms with van der Waals surface area (Å²) in [6.45, 7) is 5.67. The van der Waals surface area contributed by atoms with Crippen LogP contribution in [0.2, 0.25) is 0 Å². The third-order valence-corrected chi connectivity index (χ3v) is 6.12. The number of amides is 1. The highest BCUT2D eigenvalue weighted by Crippen LogP contribution is 2.27. The average molecular weight is 410 g/mol. The molecule has 0 aliphatic rings. The minimum absolute atomic E-state index is 0.0883. The van der Waals surface area contributed by atoms with E-state index in [0.29, 0.717) is 16.3 Å². The van der Waals surface area contributed by atoms with Crippen LogP contribution in [-0.2, 0) is 17.0 Å². The third kappa shape index (κ3) is 4.74. The summed E-state index contributed by atoms with van der Waals surface area (Å²) in [4.78, 5) is 16.8. The molecule has 0 unspecified atom stereocenters. The second-order valence-corrected chi connectivity index (χ2v) is 8.17. The monoisotopic (exact) mass is 409 g/mol. The van der Waals surface area contributed by atoms with Crippen molar-refractivity contribution in [2.24, 2.45) is 0 Å². The molecular formula is C20H19N5OS2. The van der Waals surface area contributed by atoms with Crippen molar-refractivity contribution in [1.82, 2.24) is 15.2 Å². The van der Waals surface area contributed by atoms with Gasteiger partial charge in [0.1, 0.15) is 16.1 Å². The zero-order valence-electron chi connectivity index (χ0n) is 15.8. The number of aromatic nitrogens is 3. The van der Waals surface area contributed by atoms with Gasteiger partial charge in [-0.3, -0.25) is 4.79 Å². The van der Waals surface area contributed by atoms with Crippen LogP contribution < -0.4 is 5.32 Å². The first-order valence-electron chi connectivity index (χ1n) is 8.63. The molecule has 0 saturated heterocycles. The predicted octanol–water partition coefficient (Wildman–Crippen LogP) is 4.20. The van der Waals surface area contributed by atoms with Gasteiger partial charge in [0, 0.05) is 16.8 Å². The third-order valence-electron chi connectivity index (χ3n) is 4.22. The van der Waals surface area contributed by atoms with E-state index in [4.69, 9.17) is 0 Å². The molecule has 142 valence electrons. The van der Waals surface area contributed by atoms with E-state index in [0.717, 1.165) is 33.2 Å². The number of carbonyl (C=O) groups is 1. The number of aryl methyl sites for hydroxylation is 2. The minimum Gasteiger partial charge on any atom is -0.325 e. The van der Waals surface area contributed by atoms with Gasteiger partial charge in [-0.05, 0) is 38.0 Å². The number of nitrogens with one attached hydrogen (secondary N) is 1. The highest BCUT2D eigenvalue weighted by Gasteiger charge is 2.13. The van der Waals surface area contributed by atoms with Crippen molar-refractivity contribution in [2.75, 3.05) is 5.32 Å². The van der Waals surface area contributed by atoms with E-state index in [1.54, 1.807) is 0 Å². The molecule has 3 rings (SSSR count). The molecule has 2 aromatic heterocycles. The lowest BCUT2D eigenvalue weighted by molar-refractivity contribution is -0.115. The highest BCUT2D eigenvalue weighted by molar-refractivity contribution is 7.98. The lowest BCUT2D eigenvalue weighted by Crippen LogP contribution is -2.15. The topological polar surface area (TPSA) is 91.6 Å². The molecule has 8 heteroatoms. The molecule has 0 aliphatic carbocycles. The van der Waals surface area contributed by atoms with Crippen LogP contribution in [-0.4, -0.2) is 21.1 Å². The van der Waals surface area contributed by atoms with Gasteiger partial charge < -0.3 is 5.32 Å². The van der Waals surface area contributed by atoms with Crippen molar-refractivity contribution in [3.63, 3.8) is 0 Å². The molecule has 0 aliphatic heterocycles. The van der Waals surface area contributed by atoms with Crippen LogP contribution in [0.4, 0.5) is 5.69 Å². The number of benzene rings is 1. The quantitative estimate of drug-likeness (QED) is 0.613. The largest absolute Gasteiger partial charge is 0.325 e. The van der Waals surface area contributed by atoms with Crippen LogP contribution in [0, 0.1) is 32.1 Å². The van der Waals surface area contributed by atoms with Gasteiger partial charge >= 0.3 is 0 Å². The molecule has 2 heterocycles. The fourth-order valence-electron chi connectivity index (χ4n) is 2.50. The summed E-state index contributed by atoms with van der Waals surface area (Å²) in [5, 5.41) is 23.8. The Balaban J connectivity index is 1.61. The first-order chi connectivity index (χ1) is 13.5. The molecule has 0 radical (unpaired) electrons. The van der Waals surface area contributed by atoms with Crippen molar-refractivity contribution in [2.45, 2.75) is 38.0 Å². The number of thioether (sulfide) groups is 1. The van der Waals surface area contributed by atoms with E-state index in [-0.39, 0.29) is 12.3 Å². The van der Waals surface area contributed by atoms with E-state index < -0.39 is 0 Å². The highest BCUT2D eigenvalue weighted by atomic mass is 32.2. The van der Waals surface area contributed by atoms with Gasteiger partial charge in [-0.2, -0.15) is 10.4 Å². The first kappa shape index (κ1) is 20.0. The van der Waals surface area contributed by atoms with Crippen molar-refractivity contribution < 1.29 is 4.79 Å². The van der Waals surface area contributed by atoms with Crippen LogP contribution in [0.1, 0.15) is 33.1 Å². The molecule has 0 fully saturated rings. The summed E-state index contributed by atoms with van der Waals surface area (Å²) in [6.07, 6.45) is 0.233. The summed E-state index contributed by atoms with van der Waals surface area (Å²) in [6, 6.07) is 9.88. The maximum Gasteiger partial charge on any atom is 0.231 e. The molecule has 6 nitrogen and oxygen atoms in total. The molecule has 1 amide bonds. The second-order valence-electron chi connectivity index (χ2n) is 6.26. The normalized spacial score (nSPS) is 10.5. The van der Waals surface area contributed by atoms with E-state index >= 15 is 0 Å². The van der Waals surface area contributed by atoms with Gasteiger partial charge in [0.05, 0.1) is 23.4 Å². The number of thiazole rings is 1. The van der Waals surface area contributed by atoms with Crippen molar-refractivity contribution in [3.05, 3.63) is 62.7 Å². The molecule has 1 aromatic carbocycles. The Morgan fingerprint density at radius 2 is 2.04 bits per heavy atom. The molecular weight excluding hydrogens is 390 g/mol. The average Bonchev–Trinajstić information content (AvgIpc) is 3.11. The lowest BCUT2D eigenvalue weighted by atomic mass is 10.1. The second kappa shape index (κ2) is 8.95. The van der Waals surface area contributed by atoms with Crippen LogP contribution in [0.25, 0.3) is 0 Å². The SMILES string of the molecule is Cc1ccccc1NC(=O)Cc1nc(CSc2nnc(C)c(C)c2C#N)cs1. The number of nitrogens with zero attached hydrogens (tertiary/aromatic N) is 4. The summed E-state index contributed by atoms with van der Waals surface area (Å²) in [5.74, 6) is 0.483. The van der Waals surface area contributed by atoms with E-state index in [1.165, 1.54) is 23.1 Å². The molecule has 0 atom stereocenters. The van der Waals surface area contributed by atoms with Gasteiger partial charge in [-0.25, -0.2) is 4.98 Å². The van der Waals surface area contributed by atoms with E-state index in [1.807, 2.05) is 50.4 Å². The number of para-hydroxylation sites is 1. The Bertz CT molecular complexity index is 1050. The fourth-order valence-corrected chi connectivity index (χ4v) is 4.28. The van der Waals surface area contributed by atoms with Gasteiger partial charge in [-0.1, -0.05) is 30.0 Å². The molecule has 0 bridgehead atoms. The standard InChI is InChI=1S/C20H19N5OS2/c1-12-6-4-5-7-17(12)23-18(26)8-19-22-15(10-27-19)11-28-20-16(9-21)13(2)14(3)24-25-20/h4-7,10H,8,11H2,1-3H3,(H,23,26). The summed E-state index contributed by atoms with van der Waals surface area (Å²) < 4.78 is 0. The Labute approximate surface area is 172 Å². The Morgan fingerprint density at radius 3 is 2.79 bits per heavy atom. The molecule has 3 aromatic rings. The molecule has 0 saturated carbocycles. The fraction of sp³-hybridized carbons (Fsp3) is 0.250. The van der Waals surface area contributed by atoms with Crippen LogP contribution in [0.15, 0.2) is 34.7 Å².